The molecule has 0 fully saturated rings. The minimum Gasteiger partial charge on any atom is -0.346 e. The van der Waals surface area contributed by atoms with E-state index < -0.39 is 0 Å². The highest BCUT2D eigenvalue weighted by Crippen LogP contribution is 2.21. The summed E-state index contributed by atoms with van der Waals surface area (Å²) in [6.45, 7) is 1.57. The molecule has 0 bridgehead atoms. The largest absolute Gasteiger partial charge is 0.346 e. The average molecular weight is 332 g/mol. The van der Waals surface area contributed by atoms with Crippen LogP contribution in [0.4, 0.5) is 0 Å². The van der Waals surface area contributed by atoms with Crippen LogP contribution in [-0.4, -0.2) is 48.8 Å². The van der Waals surface area contributed by atoms with Crippen LogP contribution >= 0.6 is 0 Å². The molecule has 0 aliphatic heterocycles. The first kappa shape index (κ1) is 18.8. The van der Waals surface area contributed by atoms with E-state index in [2.05, 4.69) is 24.3 Å². The maximum atomic E-state index is 12.4. The van der Waals surface area contributed by atoms with Crippen molar-refractivity contribution in [1.29, 1.82) is 0 Å². The van der Waals surface area contributed by atoms with Crippen molar-refractivity contribution in [1.82, 2.24) is 9.80 Å². The molecule has 0 aromatic heterocycles. The molecular formula is C20H32N2O2. The Hall–Kier alpha value is -1.58. The standard InChI is InChI=1S/C20H32N2O2/c1-21(19(23)17-11-5-3-6-12-17)15-9-10-16-22(2)20(24)18-13-7-4-8-14-18/h3-5,7,17-18H,6,8-16H2,1-2H3/t17-,18-/m1/s1. The average Bonchev–Trinajstić information content (AvgIpc) is 2.65. The third-order valence-corrected chi connectivity index (χ3v) is 5.23. The number of carbonyl (C=O) groups excluding carboxylic acids is 2. The number of hydrogen-bond acceptors (Lipinski definition) is 2. The molecule has 0 spiro atoms. The van der Waals surface area contributed by atoms with Gasteiger partial charge in [-0.1, -0.05) is 24.3 Å². The summed E-state index contributed by atoms with van der Waals surface area (Å²) < 4.78 is 0. The first-order chi connectivity index (χ1) is 11.6. The van der Waals surface area contributed by atoms with E-state index in [1.807, 2.05) is 23.9 Å². The summed E-state index contributed by atoms with van der Waals surface area (Å²) in [7, 11) is 3.81. The minimum absolute atomic E-state index is 0.170. The van der Waals surface area contributed by atoms with E-state index in [1.54, 1.807) is 0 Å². The number of amides is 2. The molecule has 0 heterocycles. The van der Waals surface area contributed by atoms with Gasteiger partial charge in [-0.15, -0.1) is 0 Å². The van der Waals surface area contributed by atoms with Crippen LogP contribution in [0.15, 0.2) is 24.3 Å². The van der Waals surface area contributed by atoms with Crippen LogP contribution in [0, 0.1) is 11.8 Å². The molecule has 24 heavy (non-hydrogen) atoms. The molecule has 0 aromatic rings. The third kappa shape index (κ3) is 5.50. The quantitative estimate of drug-likeness (QED) is 0.529. The number of rotatable bonds is 7. The highest BCUT2D eigenvalue weighted by atomic mass is 16.2. The zero-order valence-corrected chi connectivity index (χ0v) is 15.2. The van der Waals surface area contributed by atoms with E-state index in [4.69, 9.17) is 0 Å². The second kappa shape index (κ2) is 9.65. The van der Waals surface area contributed by atoms with Gasteiger partial charge in [-0.3, -0.25) is 9.59 Å². The van der Waals surface area contributed by atoms with Crippen LogP contribution in [0.25, 0.3) is 0 Å². The predicted molar refractivity (Wildman–Crippen MR) is 97.5 cm³/mol. The lowest BCUT2D eigenvalue weighted by Gasteiger charge is -2.26. The Morgan fingerprint density at radius 1 is 0.792 bits per heavy atom. The first-order valence-electron chi connectivity index (χ1n) is 9.39. The molecule has 0 aromatic carbocycles. The Morgan fingerprint density at radius 2 is 1.21 bits per heavy atom. The van der Waals surface area contributed by atoms with E-state index in [-0.39, 0.29) is 23.7 Å². The van der Waals surface area contributed by atoms with Crippen molar-refractivity contribution in [3.8, 4) is 0 Å². The Bertz CT molecular complexity index is 440. The Kier molecular flexibility index (Phi) is 7.54. The summed E-state index contributed by atoms with van der Waals surface area (Å²) in [5.74, 6) is 0.891. The maximum absolute atomic E-state index is 12.4. The van der Waals surface area contributed by atoms with Crippen molar-refractivity contribution in [2.24, 2.45) is 11.8 Å². The van der Waals surface area contributed by atoms with Crippen molar-refractivity contribution in [3.05, 3.63) is 24.3 Å². The topological polar surface area (TPSA) is 40.6 Å². The fourth-order valence-electron chi connectivity index (χ4n) is 3.58. The molecule has 0 radical (unpaired) electrons. The minimum atomic E-state index is 0.170. The molecule has 0 saturated carbocycles. The molecule has 0 unspecified atom stereocenters. The van der Waals surface area contributed by atoms with Gasteiger partial charge in [0.15, 0.2) is 0 Å². The number of carbonyl (C=O) groups is 2. The molecule has 134 valence electrons. The molecule has 4 nitrogen and oxygen atoms in total. The van der Waals surface area contributed by atoms with Crippen LogP contribution in [0.3, 0.4) is 0 Å². The van der Waals surface area contributed by atoms with Crippen molar-refractivity contribution >= 4 is 11.8 Å². The Balaban J connectivity index is 1.62. The van der Waals surface area contributed by atoms with Crippen LogP contribution < -0.4 is 0 Å². The number of nitrogens with zero attached hydrogens (tertiary/aromatic N) is 2. The molecule has 2 rings (SSSR count). The highest BCUT2D eigenvalue weighted by Gasteiger charge is 2.23. The smallest absolute Gasteiger partial charge is 0.225 e. The van der Waals surface area contributed by atoms with Crippen molar-refractivity contribution in [2.75, 3.05) is 27.2 Å². The zero-order chi connectivity index (χ0) is 17.4. The summed E-state index contributed by atoms with van der Waals surface area (Å²) >= 11 is 0. The first-order valence-corrected chi connectivity index (χ1v) is 9.39. The summed E-state index contributed by atoms with van der Waals surface area (Å²) in [6.07, 6.45) is 16.3. The van der Waals surface area contributed by atoms with E-state index in [0.29, 0.717) is 0 Å². The summed E-state index contributed by atoms with van der Waals surface area (Å²) in [4.78, 5) is 28.5. The zero-order valence-electron chi connectivity index (χ0n) is 15.2. The number of unbranched alkanes of at least 4 members (excludes halogenated alkanes) is 1. The molecule has 2 atom stereocenters. The van der Waals surface area contributed by atoms with Gasteiger partial charge in [0.25, 0.3) is 0 Å². The summed E-state index contributed by atoms with van der Waals surface area (Å²) in [5.41, 5.74) is 0. The second-order valence-electron chi connectivity index (χ2n) is 7.19. The van der Waals surface area contributed by atoms with Crippen molar-refractivity contribution in [3.63, 3.8) is 0 Å². The van der Waals surface area contributed by atoms with Gasteiger partial charge in [0.2, 0.25) is 11.8 Å². The lowest BCUT2D eigenvalue weighted by molar-refractivity contribution is -0.135. The van der Waals surface area contributed by atoms with Gasteiger partial charge in [0, 0.05) is 39.0 Å². The second-order valence-corrected chi connectivity index (χ2v) is 7.19. The fraction of sp³-hybridized carbons (Fsp3) is 0.700. The molecular weight excluding hydrogens is 300 g/mol. The predicted octanol–water partition coefficient (Wildman–Crippen LogP) is 3.40. The SMILES string of the molecule is CN(CCCCN(C)C(=O)[C@@H]1CC=CCC1)C(=O)[C@@H]1CC=CCC1. The van der Waals surface area contributed by atoms with Gasteiger partial charge in [-0.05, 0) is 51.4 Å². The summed E-state index contributed by atoms with van der Waals surface area (Å²) in [6, 6.07) is 0. The molecule has 2 aliphatic rings. The fourth-order valence-corrected chi connectivity index (χ4v) is 3.58. The van der Waals surface area contributed by atoms with Crippen LogP contribution in [0.2, 0.25) is 0 Å². The van der Waals surface area contributed by atoms with Gasteiger partial charge in [0.1, 0.15) is 0 Å². The molecule has 4 heteroatoms. The van der Waals surface area contributed by atoms with Gasteiger partial charge in [-0.2, -0.15) is 0 Å². The van der Waals surface area contributed by atoms with Gasteiger partial charge >= 0.3 is 0 Å². The van der Waals surface area contributed by atoms with Gasteiger partial charge < -0.3 is 9.80 Å². The number of allylic oxidation sites excluding steroid dienone is 4. The van der Waals surface area contributed by atoms with E-state index in [9.17, 15) is 9.59 Å². The lowest BCUT2D eigenvalue weighted by Crippen LogP contribution is -2.36. The van der Waals surface area contributed by atoms with E-state index >= 15 is 0 Å². The van der Waals surface area contributed by atoms with Crippen LogP contribution in [-0.2, 0) is 9.59 Å². The highest BCUT2D eigenvalue weighted by molar-refractivity contribution is 5.79. The van der Waals surface area contributed by atoms with E-state index in [0.717, 1.165) is 64.5 Å². The van der Waals surface area contributed by atoms with E-state index in [1.165, 1.54) is 0 Å². The molecule has 0 N–H and O–H groups in total. The molecule has 2 aliphatic carbocycles. The van der Waals surface area contributed by atoms with Crippen molar-refractivity contribution in [2.45, 2.75) is 51.4 Å². The normalized spacial score (nSPS) is 23.1. The maximum Gasteiger partial charge on any atom is 0.225 e. The Labute approximate surface area is 146 Å². The summed E-state index contributed by atoms with van der Waals surface area (Å²) in [5, 5.41) is 0. The lowest BCUT2D eigenvalue weighted by atomic mass is 9.93. The van der Waals surface area contributed by atoms with Gasteiger partial charge in [0.05, 0.1) is 0 Å². The van der Waals surface area contributed by atoms with Crippen molar-refractivity contribution < 1.29 is 9.59 Å². The third-order valence-electron chi connectivity index (χ3n) is 5.23. The van der Waals surface area contributed by atoms with Crippen LogP contribution in [0.5, 0.6) is 0 Å². The molecule has 2 amide bonds. The monoisotopic (exact) mass is 332 g/mol. The number of hydrogen-bond donors (Lipinski definition) is 0. The molecule has 0 saturated heterocycles. The Morgan fingerprint density at radius 3 is 1.54 bits per heavy atom. The van der Waals surface area contributed by atoms with Gasteiger partial charge in [-0.25, -0.2) is 0 Å². The van der Waals surface area contributed by atoms with Crippen LogP contribution in [0.1, 0.15) is 51.4 Å².